The molecule has 0 radical (unpaired) electrons. The van der Waals surface area contributed by atoms with Gasteiger partial charge in [-0.2, -0.15) is 0 Å². The number of nitrogens with one attached hydrogen (secondary N) is 1. The molecule has 5 heteroatoms. The zero-order valence-electron chi connectivity index (χ0n) is 10.7. The third kappa shape index (κ3) is 3.38. The Bertz CT molecular complexity index is 648. The quantitative estimate of drug-likeness (QED) is 0.846. The first-order valence-electron chi connectivity index (χ1n) is 5.99. The highest BCUT2D eigenvalue weighted by molar-refractivity contribution is 9.10. The lowest BCUT2D eigenvalue weighted by Gasteiger charge is -2.15. The van der Waals surface area contributed by atoms with E-state index in [4.69, 9.17) is 11.6 Å². The number of hydrogen-bond donors (Lipinski definition) is 1. The molecule has 0 saturated heterocycles. The van der Waals surface area contributed by atoms with Crippen LogP contribution in [0.4, 0.5) is 4.39 Å². The van der Waals surface area contributed by atoms with Gasteiger partial charge in [-0.25, -0.2) is 4.39 Å². The van der Waals surface area contributed by atoms with Gasteiger partial charge in [-0.15, -0.1) is 0 Å². The van der Waals surface area contributed by atoms with E-state index in [0.29, 0.717) is 16.1 Å². The number of carbonyl (C=O) groups excluding carboxylic acids is 1. The average molecular weight is 357 g/mol. The molecule has 1 amide bonds. The third-order valence-corrected chi connectivity index (χ3v) is 3.72. The zero-order valence-corrected chi connectivity index (χ0v) is 13.0. The van der Waals surface area contributed by atoms with Crippen molar-refractivity contribution in [2.45, 2.75) is 13.0 Å². The predicted octanol–water partition coefficient (Wildman–Crippen LogP) is 4.73. The maximum Gasteiger partial charge on any atom is 0.253 e. The lowest BCUT2D eigenvalue weighted by atomic mass is 10.1. The van der Waals surface area contributed by atoms with Crippen LogP contribution in [0.25, 0.3) is 0 Å². The minimum Gasteiger partial charge on any atom is -0.345 e. The van der Waals surface area contributed by atoms with Gasteiger partial charge in [0.1, 0.15) is 5.82 Å². The van der Waals surface area contributed by atoms with Crippen molar-refractivity contribution < 1.29 is 9.18 Å². The van der Waals surface area contributed by atoms with Gasteiger partial charge in [0.2, 0.25) is 0 Å². The fourth-order valence-electron chi connectivity index (χ4n) is 1.85. The molecule has 1 atom stereocenters. The Morgan fingerprint density at radius 1 is 1.30 bits per heavy atom. The standard InChI is InChI=1S/C15H12BrClFNO/c1-9(11-4-2-3-5-14(11)18)19-15(20)12-8-10(16)6-7-13(12)17/h2-9H,1H3,(H,19,20)/t9-/m0/s1. The molecule has 2 aromatic carbocycles. The molecule has 0 saturated carbocycles. The van der Waals surface area contributed by atoms with Crippen molar-refractivity contribution in [3.05, 3.63) is 68.9 Å². The lowest BCUT2D eigenvalue weighted by molar-refractivity contribution is 0.0939. The number of hydrogen-bond acceptors (Lipinski definition) is 1. The monoisotopic (exact) mass is 355 g/mol. The summed E-state index contributed by atoms with van der Waals surface area (Å²) in [5, 5.41) is 3.09. The highest BCUT2D eigenvalue weighted by Crippen LogP contribution is 2.22. The third-order valence-electron chi connectivity index (χ3n) is 2.89. The summed E-state index contributed by atoms with van der Waals surface area (Å²) in [4.78, 5) is 12.2. The van der Waals surface area contributed by atoms with E-state index in [9.17, 15) is 9.18 Å². The van der Waals surface area contributed by atoms with Gasteiger partial charge in [-0.05, 0) is 31.2 Å². The topological polar surface area (TPSA) is 29.1 Å². The Kier molecular flexibility index (Phi) is 4.78. The van der Waals surface area contributed by atoms with Crippen molar-refractivity contribution in [3.63, 3.8) is 0 Å². The van der Waals surface area contributed by atoms with E-state index in [-0.39, 0.29) is 11.7 Å². The van der Waals surface area contributed by atoms with Gasteiger partial charge < -0.3 is 5.32 Å². The molecule has 0 fully saturated rings. The Morgan fingerprint density at radius 2 is 2.00 bits per heavy atom. The van der Waals surface area contributed by atoms with Crippen LogP contribution in [-0.2, 0) is 0 Å². The van der Waals surface area contributed by atoms with Crippen LogP contribution >= 0.6 is 27.5 Å². The number of amides is 1. The molecule has 2 nitrogen and oxygen atoms in total. The van der Waals surface area contributed by atoms with Crippen molar-refractivity contribution in [1.29, 1.82) is 0 Å². The van der Waals surface area contributed by atoms with Crippen LogP contribution in [0.3, 0.4) is 0 Å². The summed E-state index contributed by atoms with van der Waals surface area (Å²) in [5.41, 5.74) is 0.788. The fourth-order valence-corrected chi connectivity index (χ4v) is 2.41. The maximum atomic E-state index is 13.7. The van der Waals surface area contributed by atoms with E-state index < -0.39 is 6.04 Å². The van der Waals surface area contributed by atoms with Gasteiger partial charge in [0.15, 0.2) is 0 Å². The second kappa shape index (κ2) is 6.37. The number of halogens is 3. The Balaban J connectivity index is 2.20. The van der Waals surface area contributed by atoms with E-state index in [2.05, 4.69) is 21.2 Å². The van der Waals surface area contributed by atoms with E-state index in [1.807, 2.05) is 0 Å². The number of rotatable bonds is 3. The molecular weight excluding hydrogens is 345 g/mol. The van der Waals surface area contributed by atoms with Crippen molar-refractivity contribution in [3.8, 4) is 0 Å². The Labute approximate surface area is 130 Å². The predicted molar refractivity (Wildman–Crippen MR) is 81.4 cm³/mol. The maximum absolute atomic E-state index is 13.7. The average Bonchev–Trinajstić information content (AvgIpc) is 2.41. The molecular formula is C15H12BrClFNO. The highest BCUT2D eigenvalue weighted by Gasteiger charge is 2.16. The van der Waals surface area contributed by atoms with Gasteiger partial charge >= 0.3 is 0 Å². The molecule has 2 rings (SSSR count). The van der Waals surface area contributed by atoms with Crippen LogP contribution in [-0.4, -0.2) is 5.91 Å². The molecule has 20 heavy (non-hydrogen) atoms. The molecule has 0 heterocycles. The number of benzene rings is 2. The summed E-state index contributed by atoms with van der Waals surface area (Å²) in [6.07, 6.45) is 0. The van der Waals surface area contributed by atoms with Crippen LogP contribution in [0.5, 0.6) is 0 Å². The van der Waals surface area contributed by atoms with Gasteiger partial charge in [0.05, 0.1) is 16.6 Å². The molecule has 2 aromatic rings. The van der Waals surface area contributed by atoms with E-state index in [0.717, 1.165) is 4.47 Å². The van der Waals surface area contributed by atoms with E-state index in [1.165, 1.54) is 6.07 Å². The summed E-state index contributed by atoms with van der Waals surface area (Å²) in [7, 11) is 0. The van der Waals surface area contributed by atoms with Crippen LogP contribution in [0, 0.1) is 5.82 Å². The van der Waals surface area contributed by atoms with Gasteiger partial charge in [-0.3, -0.25) is 4.79 Å². The summed E-state index contributed by atoms with van der Waals surface area (Å²) in [6, 6.07) is 10.9. The summed E-state index contributed by atoms with van der Waals surface area (Å²) in [5.74, 6) is -0.687. The van der Waals surface area contributed by atoms with Crippen molar-refractivity contribution in [1.82, 2.24) is 5.32 Å². The minimum atomic E-state index is -0.446. The molecule has 0 aliphatic carbocycles. The van der Waals surface area contributed by atoms with E-state index >= 15 is 0 Å². The minimum absolute atomic E-state index is 0.341. The van der Waals surface area contributed by atoms with Gasteiger partial charge in [0.25, 0.3) is 5.91 Å². The summed E-state index contributed by atoms with van der Waals surface area (Å²) < 4.78 is 14.4. The molecule has 0 bridgehead atoms. The first-order chi connectivity index (χ1) is 9.49. The van der Waals surface area contributed by atoms with Crippen molar-refractivity contribution in [2.24, 2.45) is 0 Å². The number of carbonyl (C=O) groups is 1. The first kappa shape index (κ1) is 15.0. The van der Waals surface area contributed by atoms with Crippen LogP contribution in [0.15, 0.2) is 46.9 Å². The SMILES string of the molecule is C[C@H](NC(=O)c1cc(Br)ccc1Cl)c1ccccc1F. The normalized spacial score (nSPS) is 12.0. The molecule has 1 N–H and O–H groups in total. The van der Waals surface area contributed by atoms with Crippen molar-refractivity contribution >= 4 is 33.4 Å². The Hall–Kier alpha value is -1.39. The van der Waals surface area contributed by atoms with Gasteiger partial charge in [0, 0.05) is 10.0 Å². The second-order valence-electron chi connectivity index (χ2n) is 4.34. The Morgan fingerprint density at radius 3 is 2.70 bits per heavy atom. The molecule has 0 spiro atoms. The molecule has 0 aliphatic rings. The van der Waals surface area contributed by atoms with Crippen molar-refractivity contribution in [2.75, 3.05) is 0 Å². The first-order valence-corrected chi connectivity index (χ1v) is 7.16. The van der Waals surface area contributed by atoms with Crippen LogP contribution in [0.1, 0.15) is 28.9 Å². The van der Waals surface area contributed by atoms with Gasteiger partial charge in [-0.1, -0.05) is 45.7 Å². The summed E-state index contributed by atoms with van der Waals surface area (Å²) in [6.45, 7) is 1.72. The second-order valence-corrected chi connectivity index (χ2v) is 5.66. The smallest absolute Gasteiger partial charge is 0.253 e. The molecule has 0 aromatic heterocycles. The summed E-state index contributed by atoms with van der Waals surface area (Å²) >= 11 is 9.28. The molecule has 0 unspecified atom stereocenters. The largest absolute Gasteiger partial charge is 0.345 e. The molecule has 104 valence electrons. The zero-order chi connectivity index (χ0) is 14.7. The van der Waals surface area contributed by atoms with E-state index in [1.54, 1.807) is 43.3 Å². The fraction of sp³-hybridized carbons (Fsp3) is 0.133. The lowest BCUT2D eigenvalue weighted by Crippen LogP contribution is -2.27. The highest BCUT2D eigenvalue weighted by atomic mass is 79.9. The van der Waals surface area contributed by atoms with Crippen LogP contribution in [0.2, 0.25) is 5.02 Å². The van der Waals surface area contributed by atoms with Crippen LogP contribution < -0.4 is 5.32 Å². The molecule has 0 aliphatic heterocycles.